The summed E-state index contributed by atoms with van der Waals surface area (Å²) in [6.07, 6.45) is 65.5. The summed E-state index contributed by atoms with van der Waals surface area (Å²) in [4.78, 5) is 72.8. The quantitative estimate of drug-likeness (QED) is 0.0169. The minimum Gasteiger partial charge on any atom is -0.462 e. The molecule has 96 heavy (non-hydrogen) atoms. The molecule has 0 aromatic carbocycles. The maximum absolute atomic E-state index is 13.1. The third-order valence-corrected chi connectivity index (χ3v) is 19.1. The summed E-state index contributed by atoms with van der Waals surface area (Å²) in [6, 6.07) is 0. The minimum absolute atomic E-state index is 0.101. The van der Waals surface area contributed by atoms with E-state index in [2.05, 4.69) is 64.2 Å². The normalized spacial score (nSPS) is 14.1. The molecule has 564 valence electrons. The molecule has 0 rings (SSSR count). The van der Waals surface area contributed by atoms with Gasteiger partial charge in [0.25, 0.3) is 0 Å². The van der Waals surface area contributed by atoms with Crippen LogP contribution < -0.4 is 0 Å². The monoisotopic (exact) mass is 1400 g/mol. The molecule has 0 aliphatic rings. The Hall–Kier alpha value is -2.72. The fraction of sp³-hybridized carbons (Fsp3) is 0.870. The van der Waals surface area contributed by atoms with Crippen LogP contribution in [0.2, 0.25) is 0 Å². The van der Waals surface area contributed by atoms with Crippen molar-refractivity contribution in [3.05, 3.63) is 36.5 Å². The number of esters is 4. The van der Waals surface area contributed by atoms with Crippen molar-refractivity contribution < 1.29 is 80.2 Å². The average Bonchev–Trinajstić information content (AvgIpc) is 1.17. The predicted molar refractivity (Wildman–Crippen MR) is 391 cm³/mol. The van der Waals surface area contributed by atoms with E-state index < -0.39 is 97.5 Å². The zero-order valence-corrected chi connectivity index (χ0v) is 63.4. The summed E-state index contributed by atoms with van der Waals surface area (Å²) in [6.45, 7) is 4.84. The Morgan fingerprint density at radius 1 is 0.302 bits per heavy atom. The van der Waals surface area contributed by atoms with E-state index in [1.165, 1.54) is 161 Å². The van der Waals surface area contributed by atoms with Crippen molar-refractivity contribution in [2.24, 2.45) is 0 Å². The van der Waals surface area contributed by atoms with E-state index in [9.17, 15) is 43.2 Å². The zero-order chi connectivity index (χ0) is 70.4. The van der Waals surface area contributed by atoms with Gasteiger partial charge in [-0.1, -0.05) is 327 Å². The third kappa shape index (κ3) is 69.7. The number of carbonyl (C=O) groups excluding carboxylic acids is 4. The van der Waals surface area contributed by atoms with Crippen LogP contribution in [0, 0.1) is 0 Å². The Morgan fingerprint density at radius 2 is 0.542 bits per heavy atom. The number of phosphoric acid groups is 2. The number of allylic oxidation sites excluding steroid dienone is 6. The molecule has 17 nitrogen and oxygen atoms in total. The zero-order valence-electron chi connectivity index (χ0n) is 61.6. The van der Waals surface area contributed by atoms with Crippen molar-refractivity contribution >= 4 is 39.5 Å². The van der Waals surface area contributed by atoms with E-state index in [0.29, 0.717) is 25.7 Å². The summed E-state index contributed by atoms with van der Waals surface area (Å²) < 4.78 is 68.5. The van der Waals surface area contributed by atoms with Crippen molar-refractivity contribution in [1.82, 2.24) is 0 Å². The molecule has 0 bridgehead atoms. The van der Waals surface area contributed by atoms with Gasteiger partial charge in [0.1, 0.15) is 19.3 Å². The molecule has 0 heterocycles. The van der Waals surface area contributed by atoms with Crippen LogP contribution in [0.4, 0.5) is 0 Å². The number of aliphatic hydroxyl groups is 1. The fourth-order valence-electron chi connectivity index (χ4n) is 11.2. The smallest absolute Gasteiger partial charge is 0.462 e. The molecular formula is C77H144O17P2. The van der Waals surface area contributed by atoms with Gasteiger partial charge in [0, 0.05) is 25.7 Å². The van der Waals surface area contributed by atoms with Crippen LogP contribution >= 0.6 is 15.6 Å². The summed E-state index contributed by atoms with van der Waals surface area (Å²) >= 11 is 0. The van der Waals surface area contributed by atoms with Gasteiger partial charge in [0.2, 0.25) is 0 Å². The summed E-state index contributed by atoms with van der Waals surface area (Å²) in [7, 11) is -9.92. The molecule has 19 heteroatoms. The van der Waals surface area contributed by atoms with Crippen LogP contribution in [0.15, 0.2) is 36.5 Å². The molecule has 5 unspecified atom stereocenters. The van der Waals surface area contributed by atoms with E-state index in [4.69, 9.17) is 37.0 Å². The highest BCUT2D eigenvalue weighted by atomic mass is 31.2. The van der Waals surface area contributed by atoms with Crippen molar-refractivity contribution in [2.75, 3.05) is 39.6 Å². The molecular weight excluding hydrogens is 1260 g/mol. The molecule has 0 saturated carbocycles. The van der Waals surface area contributed by atoms with Gasteiger partial charge in [0.15, 0.2) is 12.2 Å². The number of unbranched alkanes of at least 4 members (excludes halogenated alkanes) is 43. The molecule has 0 aliphatic carbocycles. The number of phosphoric ester groups is 2. The second kappa shape index (κ2) is 70.7. The van der Waals surface area contributed by atoms with Crippen molar-refractivity contribution in [3.8, 4) is 0 Å². The van der Waals surface area contributed by atoms with Crippen LogP contribution in [-0.4, -0.2) is 96.7 Å². The van der Waals surface area contributed by atoms with Crippen LogP contribution in [0.25, 0.3) is 0 Å². The highest BCUT2D eigenvalue weighted by molar-refractivity contribution is 7.47. The van der Waals surface area contributed by atoms with E-state index in [1.54, 1.807) is 0 Å². The van der Waals surface area contributed by atoms with Gasteiger partial charge < -0.3 is 33.8 Å². The molecule has 0 amide bonds. The molecule has 0 fully saturated rings. The van der Waals surface area contributed by atoms with Crippen LogP contribution in [0.3, 0.4) is 0 Å². The highest BCUT2D eigenvalue weighted by Crippen LogP contribution is 2.45. The number of hydrogen-bond acceptors (Lipinski definition) is 15. The fourth-order valence-corrected chi connectivity index (χ4v) is 12.8. The van der Waals surface area contributed by atoms with Gasteiger partial charge in [-0.15, -0.1) is 0 Å². The lowest BCUT2D eigenvalue weighted by atomic mass is 10.0. The molecule has 0 aliphatic heterocycles. The first-order valence-corrected chi connectivity index (χ1v) is 42.2. The number of ether oxygens (including phenoxy) is 4. The van der Waals surface area contributed by atoms with Gasteiger partial charge in [-0.2, -0.15) is 0 Å². The molecule has 0 radical (unpaired) electrons. The number of hydrogen-bond donors (Lipinski definition) is 3. The third-order valence-electron chi connectivity index (χ3n) is 17.1. The van der Waals surface area contributed by atoms with Crippen molar-refractivity contribution in [3.63, 3.8) is 0 Å². The second-order valence-corrected chi connectivity index (χ2v) is 29.6. The van der Waals surface area contributed by atoms with Crippen LogP contribution in [-0.2, 0) is 65.4 Å². The van der Waals surface area contributed by atoms with Crippen molar-refractivity contribution in [1.29, 1.82) is 0 Å². The number of aliphatic hydroxyl groups excluding tert-OH is 1. The Bertz CT molecular complexity index is 1970. The Morgan fingerprint density at radius 3 is 0.833 bits per heavy atom. The van der Waals surface area contributed by atoms with E-state index in [1.807, 2.05) is 0 Å². The molecule has 3 N–H and O–H groups in total. The summed E-state index contributed by atoms with van der Waals surface area (Å²) in [5, 5.41) is 10.6. The lowest BCUT2D eigenvalue weighted by Gasteiger charge is -2.21. The number of rotatable bonds is 75. The highest BCUT2D eigenvalue weighted by Gasteiger charge is 2.30. The van der Waals surface area contributed by atoms with Gasteiger partial charge in [0.05, 0.1) is 26.4 Å². The average molecular weight is 1400 g/mol. The van der Waals surface area contributed by atoms with Gasteiger partial charge in [-0.3, -0.25) is 37.3 Å². The molecule has 0 aromatic rings. The lowest BCUT2D eigenvalue weighted by Crippen LogP contribution is -2.30. The predicted octanol–water partition coefficient (Wildman–Crippen LogP) is 22.3. The largest absolute Gasteiger partial charge is 0.472 e. The van der Waals surface area contributed by atoms with Crippen LogP contribution in [0.1, 0.15) is 374 Å². The van der Waals surface area contributed by atoms with Crippen LogP contribution in [0.5, 0.6) is 0 Å². The number of carbonyl (C=O) groups is 4. The molecule has 0 aromatic heterocycles. The van der Waals surface area contributed by atoms with Gasteiger partial charge in [-0.05, 0) is 57.8 Å². The topological polar surface area (TPSA) is 237 Å². The first kappa shape index (κ1) is 93.3. The van der Waals surface area contributed by atoms with Gasteiger partial charge >= 0.3 is 39.5 Å². The second-order valence-electron chi connectivity index (χ2n) is 26.6. The van der Waals surface area contributed by atoms with Crippen molar-refractivity contribution in [2.45, 2.75) is 393 Å². The first-order valence-electron chi connectivity index (χ1n) is 39.2. The lowest BCUT2D eigenvalue weighted by molar-refractivity contribution is -0.161. The van der Waals surface area contributed by atoms with E-state index in [-0.39, 0.29) is 25.7 Å². The SMILES string of the molecule is CC/C=C\C/C=C\C/C=C\CCCCCCCCCC(=O)OCC(COP(=O)(O)OCC(O)COP(=O)(O)OCC(COC(=O)CCCCCCCCCCCCCCCCC)OC(=O)CCCCCCCCCCCCC)OC(=O)CCCCCCCCCCCCCCC. The summed E-state index contributed by atoms with van der Waals surface area (Å²) in [5.41, 5.74) is 0. The van der Waals surface area contributed by atoms with E-state index >= 15 is 0 Å². The molecule has 0 spiro atoms. The maximum atomic E-state index is 13.1. The standard InChI is InChI=1S/C77H144O17P2/c1-5-9-13-17-21-25-29-32-34-35-37-40-43-46-50-54-58-62-75(80)88-68-73(94-77(82)64-60-56-52-48-44-38-31-27-23-19-15-11-7-3)70-92-96(85,86)90-66-71(78)65-89-95(83,84)91-69-72(93-76(81)63-59-55-51-47-41-28-24-20-16-12-8-4)67-87-74(79)61-57-53-49-45-42-39-36-33-30-26-22-18-14-10-6-2/h9,13,21,25,32,34,71-73,78H,5-8,10-12,14-20,22-24,26-31,33,35-70H2,1-4H3,(H,83,84)(H,85,86)/b13-9-,25-21-,34-32-. The maximum Gasteiger partial charge on any atom is 0.472 e. The Kier molecular flexibility index (Phi) is 68.7. The Labute approximate surface area is 585 Å². The van der Waals surface area contributed by atoms with E-state index in [0.717, 1.165) is 135 Å². The molecule has 0 saturated heterocycles. The van der Waals surface area contributed by atoms with Gasteiger partial charge in [-0.25, -0.2) is 9.13 Å². The molecule has 5 atom stereocenters. The minimum atomic E-state index is -4.96. The first-order chi connectivity index (χ1) is 46.7. The Balaban J connectivity index is 5.26. The summed E-state index contributed by atoms with van der Waals surface area (Å²) in [5.74, 6) is -2.14.